The molecule has 0 N–H and O–H groups in total. The molecular formula is C16H12BrNO2. The molecule has 0 saturated heterocycles. The number of oxime groups is 1. The van der Waals surface area contributed by atoms with E-state index < -0.39 is 0 Å². The first-order valence-electron chi connectivity index (χ1n) is 6.32. The van der Waals surface area contributed by atoms with Gasteiger partial charge in [0.15, 0.2) is 0 Å². The lowest BCUT2D eigenvalue weighted by atomic mass is 9.91. The Kier molecular flexibility index (Phi) is 3.65. The number of hydrogen-bond acceptors (Lipinski definition) is 3. The van der Waals surface area contributed by atoms with Crippen molar-refractivity contribution in [1.82, 2.24) is 0 Å². The molecule has 0 fully saturated rings. The highest BCUT2D eigenvalue weighted by atomic mass is 79.9. The number of hydrogen-bond donors (Lipinski definition) is 0. The maximum Gasteiger partial charge on any atom is 0.344 e. The van der Waals surface area contributed by atoms with Crippen molar-refractivity contribution in [3.8, 4) is 0 Å². The van der Waals surface area contributed by atoms with E-state index in [4.69, 9.17) is 4.84 Å². The number of carbonyl (C=O) groups excluding carboxylic acids is 1. The molecule has 100 valence electrons. The van der Waals surface area contributed by atoms with Crippen molar-refractivity contribution in [2.45, 2.75) is 6.42 Å². The third-order valence-corrected chi connectivity index (χ3v) is 3.80. The average molecular weight is 330 g/mol. The van der Waals surface area contributed by atoms with Gasteiger partial charge in [0, 0.05) is 10.0 Å². The summed E-state index contributed by atoms with van der Waals surface area (Å²) in [5, 5.41) is 3.95. The summed E-state index contributed by atoms with van der Waals surface area (Å²) < 4.78 is 0.992. The molecule has 1 aliphatic rings. The minimum atomic E-state index is -0.335. The fraction of sp³-hybridized carbons (Fsp3) is 0.125. The molecule has 1 heterocycles. The van der Waals surface area contributed by atoms with Crippen LogP contribution in [0.3, 0.4) is 0 Å². The molecule has 2 aromatic carbocycles. The molecule has 1 unspecified atom stereocenters. The van der Waals surface area contributed by atoms with Gasteiger partial charge in [0.25, 0.3) is 0 Å². The maximum absolute atomic E-state index is 11.9. The van der Waals surface area contributed by atoms with Crippen LogP contribution in [0, 0.1) is 5.92 Å². The average Bonchev–Trinajstić information content (AvgIpc) is 2.83. The molecule has 2 aromatic rings. The summed E-state index contributed by atoms with van der Waals surface area (Å²) in [6.07, 6.45) is 0.606. The highest BCUT2D eigenvalue weighted by molar-refractivity contribution is 9.10. The summed E-state index contributed by atoms with van der Waals surface area (Å²) in [6.45, 7) is 0. The third-order valence-electron chi connectivity index (χ3n) is 3.27. The molecule has 0 aromatic heterocycles. The van der Waals surface area contributed by atoms with Crippen LogP contribution in [-0.4, -0.2) is 11.7 Å². The molecule has 0 bridgehead atoms. The molecule has 3 nitrogen and oxygen atoms in total. The van der Waals surface area contributed by atoms with Gasteiger partial charge in [0.2, 0.25) is 0 Å². The monoisotopic (exact) mass is 329 g/mol. The summed E-state index contributed by atoms with van der Waals surface area (Å²) in [7, 11) is 0. The number of halogens is 1. The lowest BCUT2D eigenvalue weighted by Crippen LogP contribution is -2.21. The van der Waals surface area contributed by atoms with E-state index in [2.05, 4.69) is 21.1 Å². The fourth-order valence-corrected chi connectivity index (χ4v) is 2.50. The zero-order valence-electron chi connectivity index (χ0n) is 10.6. The molecule has 0 aliphatic carbocycles. The number of nitrogens with zero attached hydrogens (tertiary/aromatic N) is 1. The Morgan fingerprint density at radius 3 is 2.45 bits per heavy atom. The van der Waals surface area contributed by atoms with E-state index in [1.54, 1.807) is 0 Å². The van der Waals surface area contributed by atoms with E-state index in [1.807, 2.05) is 54.6 Å². The second-order valence-electron chi connectivity index (χ2n) is 4.64. The van der Waals surface area contributed by atoms with Crippen molar-refractivity contribution >= 4 is 27.6 Å². The van der Waals surface area contributed by atoms with Crippen LogP contribution < -0.4 is 0 Å². The van der Waals surface area contributed by atoms with Crippen LogP contribution in [-0.2, 0) is 16.1 Å². The lowest BCUT2D eigenvalue weighted by Gasteiger charge is -2.09. The Balaban J connectivity index is 1.87. The summed E-state index contributed by atoms with van der Waals surface area (Å²) in [5.74, 6) is -0.620. The zero-order valence-corrected chi connectivity index (χ0v) is 12.2. The van der Waals surface area contributed by atoms with E-state index in [9.17, 15) is 4.79 Å². The maximum atomic E-state index is 11.9. The Bertz CT molecular complexity index is 650. The van der Waals surface area contributed by atoms with Crippen LogP contribution in [0.1, 0.15) is 11.1 Å². The predicted octanol–water partition coefficient (Wildman–Crippen LogP) is 3.57. The predicted molar refractivity (Wildman–Crippen MR) is 80.4 cm³/mol. The Morgan fingerprint density at radius 1 is 1.05 bits per heavy atom. The summed E-state index contributed by atoms with van der Waals surface area (Å²) in [5.41, 5.74) is 2.72. The minimum absolute atomic E-state index is 0.285. The van der Waals surface area contributed by atoms with Crippen molar-refractivity contribution in [1.29, 1.82) is 0 Å². The van der Waals surface area contributed by atoms with Gasteiger partial charge in [-0.15, -0.1) is 0 Å². The lowest BCUT2D eigenvalue weighted by molar-refractivity contribution is -0.143. The molecule has 0 amide bonds. The van der Waals surface area contributed by atoms with Gasteiger partial charge in [-0.05, 0) is 24.1 Å². The first-order valence-corrected chi connectivity index (χ1v) is 7.12. The normalized spacial score (nSPS) is 17.8. The number of rotatable bonds is 3. The number of carbonyl (C=O) groups is 1. The van der Waals surface area contributed by atoms with Crippen LogP contribution in [0.25, 0.3) is 0 Å². The summed E-state index contributed by atoms with van der Waals surface area (Å²) in [6, 6.07) is 17.6. The smallest absolute Gasteiger partial charge is 0.317 e. The van der Waals surface area contributed by atoms with Crippen molar-refractivity contribution in [3.05, 3.63) is 70.2 Å². The highest BCUT2D eigenvalue weighted by Crippen LogP contribution is 2.23. The van der Waals surface area contributed by atoms with Crippen molar-refractivity contribution in [2.75, 3.05) is 0 Å². The molecular weight excluding hydrogens is 318 g/mol. The first-order chi connectivity index (χ1) is 9.74. The van der Waals surface area contributed by atoms with E-state index >= 15 is 0 Å². The molecule has 0 saturated carbocycles. The summed E-state index contributed by atoms with van der Waals surface area (Å²) >= 11 is 3.40. The Morgan fingerprint density at radius 2 is 1.75 bits per heavy atom. The van der Waals surface area contributed by atoms with Crippen LogP contribution in [0.4, 0.5) is 0 Å². The van der Waals surface area contributed by atoms with Gasteiger partial charge >= 0.3 is 5.97 Å². The van der Waals surface area contributed by atoms with Crippen molar-refractivity contribution in [3.63, 3.8) is 0 Å². The largest absolute Gasteiger partial charge is 0.344 e. The standard InChI is InChI=1S/C16H12BrNO2/c17-13-8-6-12(7-9-13)15-14(16(19)20-18-15)10-11-4-2-1-3-5-11/h1-9,14H,10H2. The topological polar surface area (TPSA) is 38.7 Å². The molecule has 1 aliphatic heterocycles. The minimum Gasteiger partial charge on any atom is -0.317 e. The van der Waals surface area contributed by atoms with E-state index in [0.29, 0.717) is 12.1 Å². The van der Waals surface area contributed by atoms with Crippen molar-refractivity contribution < 1.29 is 9.63 Å². The van der Waals surface area contributed by atoms with Crippen LogP contribution >= 0.6 is 15.9 Å². The fourth-order valence-electron chi connectivity index (χ4n) is 2.24. The van der Waals surface area contributed by atoms with Crippen molar-refractivity contribution in [2.24, 2.45) is 11.1 Å². The van der Waals surface area contributed by atoms with Gasteiger partial charge < -0.3 is 4.84 Å². The molecule has 1 atom stereocenters. The van der Waals surface area contributed by atoms with Crippen LogP contribution in [0.2, 0.25) is 0 Å². The van der Waals surface area contributed by atoms with Gasteiger partial charge in [-0.3, -0.25) is 0 Å². The second kappa shape index (κ2) is 5.59. The van der Waals surface area contributed by atoms with E-state index in [1.165, 1.54) is 0 Å². The molecule has 20 heavy (non-hydrogen) atoms. The van der Waals surface area contributed by atoms with E-state index in [-0.39, 0.29) is 11.9 Å². The molecule has 0 spiro atoms. The van der Waals surface area contributed by atoms with Crippen LogP contribution in [0.15, 0.2) is 64.2 Å². The van der Waals surface area contributed by atoms with Gasteiger partial charge in [0.05, 0.1) is 0 Å². The third kappa shape index (κ3) is 2.65. The van der Waals surface area contributed by atoms with E-state index in [0.717, 1.165) is 15.6 Å². The zero-order chi connectivity index (χ0) is 13.9. The number of benzene rings is 2. The van der Waals surface area contributed by atoms with Gasteiger partial charge in [-0.1, -0.05) is 63.6 Å². The van der Waals surface area contributed by atoms with Gasteiger partial charge in [0.1, 0.15) is 11.6 Å². The molecule has 0 radical (unpaired) electrons. The Labute approximate surface area is 125 Å². The SMILES string of the molecule is O=C1ON=C(c2ccc(Br)cc2)C1Cc1ccccc1. The molecule has 3 rings (SSSR count). The molecule has 4 heteroatoms. The Hall–Kier alpha value is -1.94. The second-order valence-corrected chi connectivity index (χ2v) is 5.55. The quantitative estimate of drug-likeness (QED) is 0.807. The van der Waals surface area contributed by atoms with Crippen LogP contribution in [0.5, 0.6) is 0 Å². The van der Waals surface area contributed by atoms with Gasteiger partial charge in [-0.2, -0.15) is 0 Å². The van der Waals surface area contributed by atoms with Gasteiger partial charge in [-0.25, -0.2) is 4.79 Å². The first kappa shape index (κ1) is 13.1. The summed E-state index contributed by atoms with van der Waals surface area (Å²) in [4.78, 5) is 16.8. The highest BCUT2D eigenvalue weighted by Gasteiger charge is 2.33.